The molecule has 8 nitrogen and oxygen atoms in total. The van der Waals surface area contributed by atoms with Crippen molar-refractivity contribution in [2.75, 3.05) is 25.2 Å². The number of nitrogens with one attached hydrogen (secondary N) is 2. The van der Waals surface area contributed by atoms with Gasteiger partial charge in [-0.25, -0.2) is 15.6 Å². The van der Waals surface area contributed by atoms with Crippen LogP contribution in [0.15, 0.2) is 72.8 Å². The molecule has 1 amide bonds. The first-order valence-corrected chi connectivity index (χ1v) is 12.5. The smallest absolute Gasteiger partial charge is 0.338 e. The maximum absolute atomic E-state index is 13.9. The van der Waals surface area contributed by atoms with Gasteiger partial charge in [-0.2, -0.15) is 0 Å². The first-order chi connectivity index (χ1) is 18.1. The number of hydrazine groups is 1. The summed E-state index contributed by atoms with van der Waals surface area (Å²) in [7, 11) is 1.64. The van der Waals surface area contributed by atoms with Gasteiger partial charge in [0.25, 0.3) is 0 Å². The van der Waals surface area contributed by atoms with Crippen LogP contribution in [0.3, 0.4) is 0 Å². The molecule has 2 heterocycles. The summed E-state index contributed by atoms with van der Waals surface area (Å²) in [5, 5.41) is 0. The molecule has 3 aromatic carbocycles. The zero-order valence-electron chi connectivity index (χ0n) is 21.1. The molecule has 2 saturated heterocycles. The summed E-state index contributed by atoms with van der Waals surface area (Å²) in [5.74, 6) is 0.950. The highest BCUT2D eigenvalue weighted by atomic mass is 16.5. The van der Waals surface area contributed by atoms with E-state index in [4.69, 9.17) is 14.2 Å². The second kappa shape index (κ2) is 10.6. The summed E-state index contributed by atoms with van der Waals surface area (Å²) >= 11 is 0. The second-order valence-corrected chi connectivity index (χ2v) is 8.99. The summed E-state index contributed by atoms with van der Waals surface area (Å²) in [6, 6.07) is 21.9. The summed E-state index contributed by atoms with van der Waals surface area (Å²) in [4.78, 5) is 27.9. The normalized spacial score (nSPS) is 22.6. The number of ether oxygens (including phenoxy) is 3. The van der Waals surface area contributed by atoms with Crippen LogP contribution in [0.5, 0.6) is 11.5 Å². The van der Waals surface area contributed by atoms with Crippen LogP contribution in [0.25, 0.3) is 0 Å². The molecule has 0 aromatic heterocycles. The monoisotopic (exact) mass is 501 g/mol. The molecular formula is C29H31N3O5. The Morgan fingerprint density at radius 3 is 2.27 bits per heavy atom. The van der Waals surface area contributed by atoms with Crippen LogP contribution in [0, 0.1) is 5.92 Å². The van der Waals surface area contributed by atoms with E-state index in [2.05, 4.69) is 10.9 Å². The predicted molar refractivity (Wildman–Crippen MR) is 140 cm³/mol. The topological polar surface area (TPSA) is 89.1 Å². The number of amides is 1. The summed E-state index contributed by atoms with van der Waals surface area (Å²) < 4.78 is 16.5. The van der Waals surface area contributed by atoms with Crippen molar-refractivity contribution in [2.24, 2.45) is 5.92 Å². The van der Waals surface area contributed by atoms with Crippen molar-refractivity contribution in [2.45, 2.75) is 32.0 Å². The van der Waals surface area contributed by atoms with Gasteiger partial charge in [-0.15, -0.1) is 0 Å². The van der Waals surface area contributed by atoms with E-state index in [0.29, 0.717) is 30.2 Å². The van der Waals surface area contributed by atoms with Crippen LogP contribution < -0.4 is 25.2 Å². The van der Waals surface area contributed by atoms with Crippen LogP contribution >= 0.6 is 0 Å². The maximum atomic E-state index is 13.9. The van der Waals surface area contributed by atoms with Gasteiger partial charge in [-0.1, -0.05) is 30.3 Å². The van der Waals surface area contributed by atoms with E-state index >= 15 is 0 Å². The zero-order chi connectivity index (χ0) is 25.9. The lowest BCUT2D eigenvalue weighted by Crippen LogP contribution is -2.41. The molecule has 0 bridgehead atoms. The van der Waals surface area contributed by atoms with Crippen molar-refractivity contribution in [1.29, 1.82) is 0 Å². The molecule has 0 saturated carbocycles. The summed E-state index contributed by atoms with van der Waals surface area (Å²) in [6.07, 6.45) is 0. The number of anilines is 1. The Morgan fingerprint density at radius 2 is 1.59 bits per heavy atom. The lowest BCUT2D eigenvalue weighted by Gasteiger charge is -2.32. The third kappa shape index (κ3) is 4.54. The molecule has 8 heteroatoms. The number of esters is 1. The molecule has 2 N–H and O–H groups in total. The fourth-order valence-corrected chi connectivity index (χ4v) is 5.38. The third-order valence-electron chi connectivity index (χ3n) is 6.97. The van der Waals surface area contributed by atoms with E-state index in [9.17, 15) is 9.59 Å². The van der Waals surface area contributed by atoms with Crippen molar-refractivity contribution in [3.8, 4) is 11.5 Å². The average molecular weight is 502 g/mol. The molecular weight excluding hydrogens is 470 g/mol. The minimum absolute atomic E-state index is 0.0503. The highest BCUT2D eigenvalue weighted by Crippen LogP contribution is 2.50. The van der Waals surface area contributed by atoms with E-state index in [-0.39, 0.29) is 29.9 Å². The Balaban J connectivity index is 1.56. The molecule has 37 heavy (non-hydrogen) atoms. The highest BCUT2D eigenvalue weighted by Gasteiger charge is 2.56. The van der Waals surface area contributed by atoms with Crippen molar-refractivity contribution in [3.63, 3.8) is 0 Å². The number of carbonyl (C=O) groups is 2. The van der Waals surface area contributed by atoms with Crippen molar-refractivity contribution in [3.05, 3.63) is 89.5 Å². The Bertz CT molecular complexity index is 1260. The van der Waals surface area contributed by atoms with Gasteiger partial charge in [-0.05, 0) is 61.9 Å². The number of hydrogen-bond acceptors (Lipinski definition) is 7. The van der Waals surface area contributed by atoms with Gasteiger partial charge in [0.05, 0.1) is 38.0 Å². The fourth-order valence-electron chi connectivity index (χ4n) is 5.38. The zero-order valence-corrected chi connectivity index (χ0v) is 21.1. The van der Waals surface area contributed by atoms with Gasteiger partial charge >= 0.3 is 5.97 Å². The lowest BCUT2D eigenvalue weighted by atomic mass is 9.83. The molecule has 4 unspecified atom stereocenters. The third-order valence-corrected chi connectivity index (χ3v) is 6.97. The van der Waals surface area contributed by atoms with Crippen LogP contribution in [-0.2, 0) is 9.53 Å². The first kappa shape index (κ1) is 24.8. The van der Waals surface area contributed by atoms with E-state index in [1.54, 1.807) is 38.3 Å². The first-order valence-electron chi connectivity index (χ1n) is 12.5. The molecule has 192 valence electrons. The summed E-state index contributed by atoms with van der Waals surface area (Å²) in [5.41, 5.74) is 9.73. The van der Waals surface area contributed by atoms with Gasteiger partial charge in [-0.3, -0.25) is 4.79 Å². The molecule has 2 fully saturated rings. The molecule has 2 aliphatic rings. The van der Waals surface area contributed by atoms with Crippen molar-refractivity contribution < 1.29 is 23.8 Å². The van der Waals surface area contributed by atoms with Gasteiger partial charge in [0.15, 0.2) is 0 Å². The molecule has 0 spiro atoms. The van der Waals surface area contributed by atoms with Gasteiger partial charge in [0.1, 0.15) is 17.5 Å². The van der Waals surface area contributed by atoms with E-state index in [1.165, 1.54) is 0 Å². The minimum atomic E-state index is -0.448. The molecule has 2 aliphatic heterocycles. The largest absolute Gasteiger partial charge is 0.496 e. The molecule has 0 aliphatic carbocycles. The maximum Gasteiger partial charge on any atom is 0.338 e. The van der Waals surface area contributed by atoms with Crippen LogP contribution in [0.4, 0.5) is 5.69 Å². The van der Waals surface area contributed by atoms with Gasteiger partial charge in [0.2, 0.25) is 5.91 Å². The predicted octanol–water partition coefficient (Wildman–Crippen LogP) is 4.19. The summed E-state index contributed by atoms with van der Waals surface area (Å²) in [6.45, 7) is 4.63. The number of carbonyl (C=O) groups excluding carboxylic acids is 2. The number of nitrogens with zero attached hydrogens (tertiary/aromatic N) is 1. The Kier molecular flexibility index (Phi) is 7.12. The van der Waals surface area contributed by atoms with E-state index in [0.717, 1.165) is 16.9 Å². The molecule has 3 aromatic rings. The van der Waals surface area contributed by atoms with Crippen LogP contribution in [0.2, 0.25) is 0 Å². The number of benzene rings is 3. The quantitative estimate of drug-likeness (QED) is 0.448. The number of para-hydroxylation sites is 1. The van der Waals surface area contributed by atoms with Crippen LogP contribution in [0.1, 0.15) is 47.4 Å². The molecule has 0 radical (unpaired) electrons. The second-order valence-electron chi connectivity index (χ2n) is 8.99. The Morgan fingerprint density at radius 1 is 0.892 bits per heavy atom. The molecule has 4 atom stereocenters. The lowest BCUT2D eigenvalue weighted by molar-refractivity contribution is -0.119. The number of methoxy groups -OCH3 is 1. The Labute approximate surface area is 216 Å². The Hall–Kier alpha value is -3.88. The highest BCUT2D eigenvalue weighted by molar-refractivity contribution is 6.02. The fraction of sp³-hybridized carbons (Fsp3) is 0.310. The number of rotatable bonds is 8. The van der Waals surface area contributed by atoms with Crippen LogP contribution in [-0.4, -0.2) is 38.2 Å². The number of hydrogen-bond donors (Lipinski definition) is 2. The standard InChI is InChI=1S/C29H31N3O5/c1-4-36-21-16-12-18(13-17-21)25-24-26(31-30-25)28(33)32(27(24)22-8-6-7-9-23(22)35-3)20-14-10-19(11-15-20)29(34)37-5-2/h6-17,24-27,30-31H,4-5H2,1-3H3. The average Bonchev–Trinajstić information content (AvgIpc) is 3.48. The van der Waals surface area contributed by atoms with E-state index < -0.39 is 6.04 Å². The van der Waals surface area contributed by atoms with Crippen molar-refractivity contribution in [1.82, 2.24) is 10.9 Å². The van der Waals surface area contributed by atoms with E-state index in [1.807, 2.05) is 60.4 Å². The van der Waals surface area contributed by atoms with Gasteiger partial charge < -0.3 is 19.1 Å². The SMILES string of the molecule is CCOC(=O)c1ccc(N2C(=O)C3NNC(c4ccc(OCC)cc4)C3C2c2ccccc2OC)cc1. The van der Waals surface area contributed by atoms with Gasteiger partial charge in [0, 0.05) is 17.2 Å². The minimum Gasteiger partial charge on any atom is -0.496 e. The van der Waals surface area contributed by atoms with Crippen molar-refractivity contribution >= 4 is 17.6 Å². The number of fused-ring (bicyclic) bond motifs is 1. The molecule has 5 rings (SSSR count).